The summed E-state index contributed by atoms with van der Waals surface area (Å²) in [5.41, 5.74) is 0. The van der Waals surface area contributed by atoms with Crippen LogP contribution in [0.3, 0.4) is 0 Å². The Labute approximate surface area is 125 Å². The molecule has 118 valence electrons. The van der Waals surface area contributed by atoms with Crippen molar-refractivity contribution in [3.63, 3.8) is 0 Å². The monoisotopic (exact) mass is 296 g/mol. The molecule has 21 heavy (non-hydrogen) atoms. The summed E-state index contributed by atoms with van der Waals surface area (Å²) in [6, 6.07) is 0.333. The van der Waals surface area contributed by atoms with Gasteiger partial charge in [-0.15, -0.1) is 0 Å². The minimum Gasteiger partial charge on any atom is -0.472 e. The molecule has 2 rings (SSSR count). The third kappa shape index (κ3) is 5.11. The van der Waals surface area contributed by atoms with Crippen molar-refractivity contribution in [1.82, 2.24) is 15.3 Å². The van der Waals surface area contributed by atoms with E-state index in [1.165, 1.54) is 0 Å². The standard InChI is InChI=1S/C14H24N4O3/c1-11(2)17-9-12(19)10-21-14-13(15-3-4-16-14)18-5-7-20-8-6-18/h3-4,11-12,17,19H,5-10H2,1-2H3. The van der Waals surface area contributed by atoms with Crippen molar-refractivity contribution in [2.75, 3.05) is 44.4 Å². The second-order valence-electron chi connectivity index (χ2n) is 5.31. The predicted molar refractivity (Wildman–Crippen MR) is 79.7 cm³/mol. The van der Waals surface area contributed by atoms with Gasteiger partial charge in [0.15, 0.2) is 5.82 Å². The van der Waals surface area contributed by atoms with Gasteiger partial charge in [0, 0.05) is 38.1 Å². The molecule has 0 saturated carbocycles. The highest BCUT2D eigenvalue weighted by atomic mass is 16.5. The highest BCUT2D eigenvalue weighted by Gasteiger charge is 2.18. The third-order valence-corrected chi connectivity index (χ3v) is 3.13. The van der Waals surface area contributed by atoms with Crippen LogP contribution in [0.5, 0.6) is 5.88 Å². The number of rotatable bonds is 7. The SMILES string of the molecule is CC(C)NCC(O)COc1nccnc1N1CCOCC1. The van der Waals surface area contributed by atoms with Gasteiger partial charge >= 0.3 is 0 Å². The Morgan fingerprint density at radius 2 is 2.05 bits per heavy atom. The zero-order valence-corrected chi connectivity index (χ0v) is 12.7. The number of nitrogens with zero attached hydrogens (tertiary/aromatic N) is 3. The van der Waals surface area contributed by atoms with Gasteiger partial charge in [-0.25, -0.2) is 9.97 Å². The Morgan fingerprint density at radius 3 is 2.76 bits per heavy atom. The van der Waals surface area contributed by atoms with Crippen LogP contribution in [0.4, 0.5) is 5.82 Å². The lowest BCUT2D eigenvalue weighted by Crippen LogP contribution is -2.38. The van der Waals surface area contributed by atoms with Crippen LogP contribution in [0.2, 0.25) is 0 Å². The quantitative estimate of drug-likeness (QED) is 0.736. The molecule has 1 aromatic rings. The molecule has 2 N–H and O–H groups in total. The van der Waals surface area contributed by atoms with Crippen LogP contribution in [0.1, 0.15) is 13.8 Å². The Kier molecular flexibility index (Phi) is 6.16. The van der Waals surface area contributed by atoms with Crippen molar-refractivity contribution in [2.45, 2.75) is 26.0 Å². The normalized spacial score (nSPS) is 17.0. The molecule has 0 bridgehead atoms. The molecule has 2 heterocycles. The molecule has 1 saturated heterocycles. The fourth-order valence-corrected chi connectivity index (χ4v) is 2.02. The molecule has 7 nitrogen and oxygen atoms in total. The number of aromatic nitrogens is 2. The first-order chi connectivity index (χ1) is 10.2. The lowest BCUT2D eigenvalue weighted by Gasteiger charge is -2.28. The second-order valence-corrected chi connectivity index (χ2v) is 5.31. The van der Waals surface area contributed by atoms with Crippen LogP contribution < -0.4 is 15.0 Å². The topological polar surface area (TPSA) is 79.7 Å². The van der Waals surface area contributed by atoms with E-state index in [1.807, 2.05) is 13.8 Å². The lowest BCUT2D eigenvalue weighted by molar-refractivity contribution is 0.101. The summed E-state index contributed by atoms with van der Waals surface area (Å²) in [6.07, 6.45) is 2.67. The maximum absolute atomic E-state index is 9.89. The number of hydrogen-bond donors (Lipinski definition) is 2. The largest absolute Gasteiger partial charge is 0.472 e. The van der Waals surface area contributed by atoms with E-state index in [-0.39, 0.29) is 6.61 Å². The van der Waals surface area contributed by atoms with E-state index in [0.717, 1.165) is 13.1 Å². The van der Waals surface area contributed by atoms with E-state index < -0.39 is 6.10 Å². The molecular weight excluding hydrogens is 272 g/mol. The highest BCUT2D eigenvalue weighted by molar-refractivity contribution is 5.48. The van der Waals surface area contributed by atoms with Crippen molar-refractivity contribution < 1.29 is 14.6 Å². The summed E-state index contributed by atoms with van der Waals surface area (Å²) in [4.78, 5) is 10.7. The van der Waals surface area contributed by atoms with E-state index >= 15 is 0 Å². The first-order valence-electron chi connectivity index (χ1n) is 7.34. The maximum atomic E-state index is 9.89. The Morgan fingerprint density at radius 1 is 1.33 bits per heavy atom. The minimum atomic E-state index is -0.577. The average molecular weight is 296 g/mol. The molecule has 1 aromatic heterocycles. The smallest absolute Gasteiger partial charge is 0.257 e. The second kappa shape index (κ2) is 8.11. The van der Waals surface area contributed by atoms with Gasteiger partial charge in [-0.2, -0.15) is 0 Å². The fraction of sp³-hybridized carbons (Fsp3) is 0.714. The van der Waals surface area contributed by atoms with Gasteiger partial charge in [0.05, 0.1) is 13.2 Å². The number of anilines is 1. The highest BCUT2D eigenvalue weighted by Crippen LogP contribution is 2.23. The van der Waals surface area contributed by atoms with Gasteiger partial charge in [-0.1, -0.05) is 13.8 Å². The number of hydrogen-bond acceptors (Lipinski definition) is 7. The number of aliphatic hydroxyl groups is 1. The average Bonchev–Trinajstić information content (AvgIpc) is 2.52. The zero-order chi connectivity index (χ0) is 15.1. The summed E-state index contributed by atoms with van der Waals surface area (Å²) in [7, 11) is 0. The van der Waals surface area contributed by atoms with Gasteiger partial charge in [-0.3, -0.25) is 0 Å². The molecule has 0 radical (unpaired) electrons. The van der Waals surface area contributed by atoms with Crippen molar-refractivity contribution in [1.29, 1.82) is 0 Å². The minimum absolute atomic E-state index is 0.190. The summed E-state index contributed by atoms with van der Waals surface area (Å²) in [5.74, 6) is 1.17. The van der Waals surface area contributed by atoms with Crippen LogP contribution in [0.15, 0.2) is 12.4 Å². The van der Waals surface area contributed by atoms with Crippen LogP contribution in [0.25, 0.3) is 0 Å². The maximum Gasteiger partial charge on any atom is 0.257 e. The predicted octanol–water partition coefficient (Wildman–Crippen LogP) is 0.0509. The Hall–Kier alpha value is -1.44. The lowest BCUT2D eigenvalue weighted by atomic mass is 10.3. The molecule has 7 heteroatoms. The number of aliphatic hydroxyl groups excluding tert-OH is 1. The van der Waals surface area contributed by atoms with E-state index in [9.17, 15) is 5.11 Å². The van der Waals surface area contributed by atoms with Gasteiger partial charge < -0.3 is 24.8 Å². The first-order valence-corrected chi connectivity index (χ1v) is 7.34. The van der Waals surface area contributed by atoms with E-state index in [4.69, 9.17) is 9.47 Å². The summed E-state index contributed by atoms with van der Waals surface area (Å²) >= 11 is 0. The molecule has 0 spiro atoms. The van der Waals surface area contributed by atoms with E-state index in [0.29, 0.717) is 37.5 Å². The summed E-state index contributed by atoms with van der Waals surface area (Å²) < 4.78 is 11.0. The van der Waals surface area contributed by atoms with Crippen LogP contribution in [-0.2, 0) is 4.74 Å². The number of morpholine rings is 1. The Bertz CT molecular complexity index is 424. The van der Waals surface area contributed by atoms with E-state index in [2.05, 4.69) is 20.2 Å². The molecule has 0 aromatic carbocycles. The zero-order valence-electron chi connectivity index (χ0n) is 12.7. The summed E-state index contributed by atoms with van der Waals surface area (Å²) in [5, 5.41) is 13.1. The van der Waals surface area contributed by atoms with Gasteiger partial charge in [-0.05, 0) is 0 Å². The molecule has 1 unspecified atom stereocenters. The van der Waals surface area contributed by atoms with Crippen molar-refractivity contribution in [3.05, 3.63) is 12.4 Å². The van der Waals surface area contributed by atoms with Crippen LogP contribution >= 0.6 is 0 Å². The molecule has 0 aliphatic carbocycles. The Balaban J connectivity index is 1.90. The van der Waals surface area contributed by atoms with Gasteiger partial charge in [0.1, 0.15) is 12.7 Å². The fourth-order valence-electron chi connectivity index (χ4n) is 2.02. The molecule has 0 amide bonds. The van der Waals surface area contributed by atoms with Gasteiger partial charge in [0.2, 0.25) is 0 Å². The number of ether oxygens (including phenoxy) is 2. The number of nitrogens with one attached hydrogen (secondary N) is 1. The van der Waals surface area contributed by atoms with Crippen molar-refractivity contribution in [3.8, 4) is 5.88 Å². The summed E-state index contributed by atoms with van der Waals surface area (Å²) in [6.45, 7) is 7.65. The molecule has 1 aliphatic heterocycles. The van der Waals surface area contributed by atoms with Crippen molar-refractivity contribution >= 4 is 5.82 Å². The third-order valence-electron chi connectivity index (χ3n) is 3.13. The van der Waals surface area contributed by atoms with E-state index in [1.54, 1.807) is 12.4 Å². The molecule has 1 aliphatic rings. The van der Waals surface area contributed by atoms with Crippen molar-refractivity contribution in [2.24, 2.45) is 0 Å². The molecule has 1 atom stereocenters. The van der Waals surface area contributed by atoms with Crippen LogP contribution in [-0.4, -0.2) is 66.7 Å². The van der Waals surface area contributed by atoms with Gasteiger partial charge in [0.25, 0.3) is 5.88 Å². The molecule has 1 fully saturated rings. The van der Waals surface area contributed by atoms with Crippen LogP contribution in [0, 0.1) is 0 Å². The molecular formula is C14H24N4O3. The first kappa shape index (κ1) is 15.9.